The molecule has 1 unspecified atom stereocenters. The van der Waals surface area contributed by atoms with E-state index in [0.717, 1.165) is 38.0 Å². The minimum absolute atomic E-state index is 0.345. The standard InChI is InChI=1S/C27H30FN3O2/c1-27(2,28)23-7-3-5-20(15-23)22-6-4-14-31(18-22)17-19-8-11-24(12-9-19)33-25-13-10-21(16-30-25)26(29)32/h3,5,7-13,15-16,22H,4,6,14,17-18H2,1-2H3,(H2,29,32). The number of piperidine rings is 1. The Morgan fingerprint density at radius 3 is 2.64 bits per heavy atom. The number of benzene rings is 2. The number of nitrogens with two attached hydrogens (primary N) is 1. The van der Waals surface area contributed by atoms with Gasteiger partial charge in [-0.15, -0.1) is 0 Å². The zero-order chi connectivity index (χ0) is 23.4. The molecule has 1 aromatic heterocycles. The molecule has 1 atom stereocenters. The van der Waals surface area contributed by atoms with Crippen molar-refractivity contribution >= 4 is 5.91 Å². The maximum absolute atomic E-state index is 14.4. The third-order valence-electron chi connectivity index (χ3n) is 6.12. The Labute approximate surface area is 194 Å². The highest BCUT2D eigenvalue weighted by Gasteiger charge is 2.24. The summed E-state index contributed by atoms with van der Waals surface area (Å²) in [5.74, 6) is 0.987. The number of carbonyl (C=O) groups is 1. The molecule has 0 radical (unpaired) electrons. The quantitative estimate of drug-likeness (QED) is 0.515. The average molecular weight is 448 g/mol. The lowest BCUT2D eigenvalue weighted by atomic mass is 9.87. The van der Waals surface area contributed by atoms with E-state index in [2.05, 4.69) is 28.1 Å². The van der Waals surface area contributed by atoms with Crippen molar-refractivity contribution < 1.29 is 13.9 Å². The van der Waals surface area contributed by atoms with E-state index in [1.807, 2.05) is 30.3 Å². The molecule has 0 bridgehead atoms. The van der Waals surface area contributed by atoms with Crippen LogP contribution in [-0.2, 0) is 12.2 Å². The van der Waals surface area contributed by atoms with Gasteiger partial charge in [-0.05, 0) is 74.0 Å². The van der Waals surface area contributed by atoms with E-state index in [-0.39, 0.29) is 0 Å². The number of aromatic nitrogens is 1. The van der Waals surface area contributed by atoms with Gasteiger partial charge in [0.25, 0.3) is 0 Å². The molecule has 33 heavy (non-hydrogen) atoms. The van der Waals surface area contributed by atoms with Crippen LogP contribution in [0.3, 0.4) is 0 Å². The first-order chi connectivity index (χ1) is 15.8. The predicted molar refractivity (Wildman–Crippen MR) is 127 cm³/mol. The Balaban J connectivity index is 1.36. The van der Waals surface area contributed by atoms with Gasteiger partial charge in [0, 0.05) is 25.4 Å². The molecular formula is C27H30FN3O2. The van der Waals surface area contributed by atoms with Crippen molar-refractivity contribution in [3.05, 3.63) is 89.1 Å². The van der Waals surface area contributed by atoms with Gasteiger partial charge in [-0.2, -0.15) is 0 Å². The number of carbonyl (C=O) groups excluding carboxylic acids is 1. The zero-order valence-corrected chi connectivity index (χ0v) is 19.1. The summed E-state index contributed by atoms with van der Waals surface area (Å²) >= 11 is 0. The van der Waals surface area contributed by atoms with Crippen LogP contribution in [0, 0.1) is 0 Å². The first kappa shape index (κ1) is 22.9. The van der Waals surface area contributed by atoms with Crippen molar-refractivity contribution in [2.24, 2.45) is 5.73 Å². The number of hydrogen-bond donors (Lipinski definition) is 1. The predicted octanol–water partition coefficient (Wildman–Crippen LogP) is 5.56. The van der Waals surface area contributed by atoms with Crippen LogP contribution in [0.5, 0.6) is 11.6 Å². The van der Waals surface area contributed by atoms with Crippen LogP contribution in [0.4, 0.5) is 4.39 Å². The van der Waals surface area contributed by atoms with Gasteiger partial charge < -0.3 is 10.5 Å². The number of likely N-dealkylation sites (tertiary alicyclic amines) is 1. The maximum Gasteiger partial charge on any atom is 0.250 e. The molecule has 1 fully saturated rings. The Kier molecular flexibility index (Phi) is 6.75. The fourth-order valence-electron chi connectivity index (χ4n) is 4.26. The second-order valence-electron chi connectivity index (χ2n) is 9.17. The maximum atomic E-state index is 14.4. The molecule has 0 aliphatic carbocycles. The van der Waals surface area contributed by atoms with E-state index in [0.29, 0.717) is 23.1 Å². The van der Waals surface area contributed by atoms with Crippen molar-refractivity contribution in [3.63, 3.8) is 0 Å². The first-order valence-electron chi connectivity index (χ1n) is 11.3. The fraction of sp³-hybridized carbons (Fsp3) is 0.333. The molecule has 4 rings (SSSR count). The van der Waals surface area contributed by atoms with Gasteiger partial charge in [0.2, 0.25) is 11.8 Å². The molecule has 2 aromatic carbocycles. The molecular weight excluding hydrogens is 417 g/mol. The van der Waals surface area contributed by atoms with Crippen LogP contribution in [0.1, 0.15) is 59.7 Å². The molecule has 2 heterocycles. The van der Waals surface area contributed by atoms with Crippen LogP contribution in [0.2, 0.25) is 0 Å². The number of ether oxygens (including phenoxy) is 1. The van der Waals surface area contributed by atoms with E-state index >= 15 is 0 Å². The molecule has 1 amide bonds. The topological polar surface area (TPSA) is 68.5 Å². The molecule has 1 aliphatic heterocycles. The fourth-order valence-corrected chi connectivity index (χ4v) is 4.26. The molecule has 6 heteroatoms. The second-order valence-corrected chi connectivity index (χ2v) is 9.17. The van der Waals surface area contributed by atoms with Crippen LogP contribution in [0.15, 0.2) is 66.9 Å². The second kappa shape index (κ2) is 9.71. The zero-order valence-electron chi connectivity index (χ0n) is 19.1. The molecule has 172 valence electrons. The number of hydrogen-bond acceptors (Lipinski definition) is 4. The van der Waals surface area contributed by atoms with Crippen molar-refractivity contribution in [3.8, 4) is 11.6 Å². The van der Waals surface area contributed by atoms with Crippen molar-refractivity contribution in [2.75, 3.05) is 13.1 Å². The first-order valence-corrected chi connectivity index (χ1v) is 11.3. The van der Waals surface area contributed by atoms with Gasteiger partial charge in [0.15, 0.2) is 0 Å². The molecule has 0 spiro atoms. The Morgan fingerprint density at radius 2 is 1.97 bits per heavy atom. The van der Waals surface area contributed by atoms with Gasteiger partial charge in [-0.3, -0.25) is 9.69 Å². The summed E-state index contributed by atoms with van der Waals surface area (Å²) in [4.78, 5) is 17.7. The monoisotopic (exact) mass is 447 g/mol. The highest BCUT2D eigenvalue weighted by atomic mass is 19.1. The van der Waals surface area contributed by atoms with E-state index in [1.54, 1.807) is 26.0 Å². The number of nitrogens with zero attached hydrogens (tertiary/aromatic N) is 2. The van der Waals surface area contributed by atoms with Crippen LogP contribution in [0.25, 0.3) is 0 Å². The van der Waals surface area contributed by atoms with Crippen LogP contribution < -0.4 is 10.5 Å². The summed E-state index contributed by atoms with van der Waals surface area (Å²) in [5.41, 5.74) is 7.43. The number of rotatable bonds is 7. The van der Waals surface area contributed by atoms with Gasteiger partial charge >= 0.3 is 0 Å². The Morgan fingerprint density at radius 1 is 1.18 bits per heavy atom. The molecule has 2 N–H and O–H groups in total. The summed E-state index contributed by atoms with van der Waals surface area (Å²) in [6, 6.07) is 19.2. The third-order valence-corrected chi connectivity index (χ3v) is 6.12. The SMILES string of the molecule is CC(C)(F)c1cccc(C2CCCN(Cc3ccc(Oc4ccc(C(N)=O)cn4)cc3)C2)c1. The molecule has 3 aromatic rings. The highest BCUT2D eigenvalue weighted by molar-refractivity contribution is 5.92. The van der Waals surface area contributed by atoms with Crippen molar-refractivity contribution in [2.45, 2.75) is 44.8 Å². The Bertz CT molecular complexity index is 1090. The van der Waals surface area contributed by atoms with E-state index < -0.39 is 11.6 Å². The van der Waals surface area contributed by atoms with E-state index in [9.17, 15) is 9.18 Å². The smallest absolute Gasteiger partial charge is 0.250 e. The minimum Gasteiger partial charge on any atom is -0.439 e. The molecule has 1 aliphatic rings. The van der Waals surface area contributed by atoms with Crippen LogP contribution >= 0.6 is 0 Å². The summed E-state index contributed by atoms with van der Waals surface area (Å²) in [5, 5.41) is 0. The number of amides is 1. The lowest BCUT2D eigenvalue weighted by Crippen LogP contribution is -2.34. The Hall–Kier alpha value is -3.25. The summed E-state index contributed by atoms with van der Waals surface area (Å²) in [7, 11) is 0. The normalized spacial score (nSPS) is 17.0. The summed E-state index contributed by atoms with van der Waals surface area (Å²) in [6.07, 6.45) is 3.66. The number of alkyl halides is 1. The minimum atomic E-state index is -1.33. The largest absolute Gasteiger partial charge is 0.439 e. The van der Waals surface area contributed by atoms with E-state index in [1.165, 1.54) is 17.3 Å². The van der Waals surface area contributed by atoms with Gasteiger partial charge in [0.1, 0.15) is 11.4 Å². The van der Waals surface area contributed by atoms with Crippen LogP contribution in [-0.4, -0.2) is 28.9 Å². The van der Waals surface area contributed by atoms with Gasteiger partial charge in [-0.25, -0.2) is 9.37 Å². The summed E-state index contributed by atoms with van der Waals surface area (Å²) in [6.45, 7) is 6.10. The lowest BCUT2D eigenvalue weighted by molar-refractivity contribution is 0.1000. The number of primary amides is 1. The number of pyridine rings is 1. The molecule has 0 saturated carbocycles. The van der Waals surface area contributed by atoms with Crippen molar-refractivity contribution in [1.82, 2.24) is 9.88 Å². The van der Waals surface area contributed by atoms with Crippen molar-refractivity contribution in [1.29, 1.82) is 0 Å². The van der Waals surface area contributed by atoms with Gasteiger partial charge in [0.05, 0.1) is 5.56 Å². The third kappa shape index (κ3) is 5.96. The lowest BCUT2D eigenvalue weighted by Gasteiger charge is -2.33. The molecule has 5 nitrogen and oxygen atoms in total. The van der Waals surface area contributed by atoms with Gasteiger partial charge in [-0.1, -0.05) is 36.4 Å². The molecule has 1 saturated heterocycles. The van der Waals surface area contributed by atoms with E-state index in [4.69, 9.17) is 10.5 Å². The highest BCUT2D eigenvalue weighted by Crippen LogP contribution is 2.32. The average Bonchev–Trinajstić information content (AvgIpc) is 2.80. The number of halogens is 1. The summed E-state index contributed by atoms with van der Waals surface area (Å²) < 4.78 is 20.2.